The largest absolute Gasteiger partial charge is 0.399 e. The molecule has 0 radical (unpaired) electrons. The number of nitrogens with two attached hydrogens (primary N) is 2. The van der Waals surface area contributed by atoms with Gasteiger partial charge in [-0.25, -0.2) is 13.6 Å². The van der Waals surface area contributed by atoms with Crippen LogP contribution in [0.4, 0.5) is 11.4 Å². The molecule has 2 rings (SSSR count). The minimum atomic E-state index is -3.81. The molecule has 7 nitrogen and oxygen atoms in total. The van der Waals surface area contributed by atoms with Crippen molar-refractivity contribution in [3.05, 3.63) is 36.2 Å². The van der Waals surface area contributed by atoms with Crippen molar-refractivity contribution in [1.29, 1.82) is 0 Å². The van der Waals surface area contributed by atoms with Crippen molar-refractivity contribution in [1.82, 2.24) is 9.78 Å². The molecule has 0 saturated carbocycles. The molecule has 1 heterocycles. The fourth-order valence-electron chi connectivity index (χ4n) is 1.89. The number of hydrogen-bond acceptors (Lipinski definition) is 5. The Kier molecular flexibility index (Phi) is 3.96. The number of aryl methyl sites for hydroxylation is 1. The number of nitrogen functional groups attached to an aromatic ring is 1. The van der Waals surface area contributed by atoms with E-state index in [-0.39, 0.29) is 4.90 Å². The summed E-state index contributed by atoms with van der Waals surface area (Å²) in [6, 6.07) is 6.49. The van der Waals surface area contributed by atoms with Gasteiger partial charge in [0.05, 0.1) is 5.69 Å². The Hall–Kier alpha value is -2.06. The summed E-state index contributed by atoms with van der Waals surface area (Å²) in [6.07, 6.45) is 2.43. The van der Waals surface area contributed by atoms with Gasteiger partial charge in [0.2, 0.25) is 10.0 Å². The fraction of sp³-hybridized carbons (Fsp3) is 0.250. The Labute approximate surface area is 117 Å². The second kappa shape index (κ2) is 5.51. The molecule has 0 bridgehead atoms. The zero-order chi connectivity index (χ0) is 14.8. The molecule has 8 heteroatoms. The third-order valence-corrected chi connectivity index (χ3v) is 3.88. The lowest BCUT2D eigenvalue weighted by Crippen LogP contribution is -2.16. The molecule has 2 aromatic rings. The minimum absolute atomic E-state index is 0.00232. The molecular formula is C12H17N5O2S. The number of rotatable bonds is 5. The summed E-state index contributed by atoms with van der Waals surface area (Å²) in [5.74, 6) is 0. The Morgan fingerprint density at radius 2 is 2.10 bits per heavy atom. The normalized spacial score (nSPS) is 11.5. The van der Waals surface area contributed by atoms with Gasteiger partial charge in [0.25, 0.3) is 0 Å². The quantitative estimate of drug-likeness (QED) is 0.686. The van der Waals surface area contributed by atoms with Gasteiger partial charge >= 0.3 is 0 Å². The first-order valence-corrected chi connectivity index (χ1v) is 7.55. The summed E-state index contributed by atoms with van der Waals surface area (Å²) in [5.41, 5.74) is 7.44. The maximum atomic E-state index is 11.5. The van der Waals surface area contributed by atoms with Crippen LogP contribution in [0.2, 0.25) is 0 Å². The van der Waals surface area contributed by atoms with Crippen molar-refractivity contribution < 1.29 is 8.42 Å². The maximum absolute atomic E-state index is 11.5. The van der Waals surface area contributed by atoms with Crippen molar-refractivity contribution in [2.45, 2.75) is 11.3 Å². The number of hydrogen-bond donors (Lipinski definition) is 3. The van der Waals surface area contributed by atoms with Crippen LogP contribution in [0, 0.1) is 0 Å². The molecule has 0 aliphatic rings. The molecule has 0 aliphatic carbocycles. The van der Waals surface area contributed by atoms with E-state index in [1.165, 1.54) is 6.07 Å². The van der Waals surface area contributed by atoms with E-state index in [4.69, 9.17) is 10.9 Å². The molecule has 0 amide bonds. The highest BCUT2D eigenvalue weighted by atomic mass is 32.2. The summed E-state index contributed by atoms with van der Waals surface area (Å²) in [6.45, 7) is 0.561. The van der Waals surface area contributed by atoms with Crippen LogP contribution in [0.15, 0.2) is 35.4 Å². The van der Waals surface area contributed by atoms with E-state index >= 15 is 0 Å². The van der Waals surface area contributed by atoms with Gasteiger partial charge in [0.15, 0.2) is 0 Å². The van der Waals surface area contributed by atoms with Crippen molar-refractivity contribution in [3.63, 3.8) is 0 Å². The molecule has 0 unspecified atom stereocenters. The van der Waals surface area contributed by atoms with E-state index in [9.17, 15) is 8.42 Å². The van der Waals surface area contributed by atoms with Crippen molar-refractivity contribution in [3.8, 4) is 0 Å². The van der Waals surface area contributed by atoms with Crippen LogP contribution >= 0.6 is 0 Å². The van der Waals surface area contributed by atoms with Gasteiger partial charge in [-0.15, -0.1) is 0 Å². The molecule has 20 heavy (non-hydrogen) atoms. The number of sulfonamides is 1. The number of anilines is 2. The topological polar surface area (TPSA) is 116 Å². The maximum Gasteiger partial charge on any atom is 0.240 e. The van der Waals surface area contributed by atoms with Gasteiger partial charge in [0.1, 0.15) is 4.90 Å². The molecular weight excluding hydrogens is 278 g/mol. The SMILES string of the molecule is Cn1nccc1CCNc1ccc(N)cc1S(N)(=O)=O. The second-order valence-corrected chi connectivity index (χ2v) is 5.95. The van der Waals surface area contributed by atoms with E-state index in [1.807, 2.05) is 13.1 Å². The van der Waals surface area contributed by atoms with Gasteiger partial charge in [-0.05, 0) is 24.3 Å². The Morgan fingerprint density at radius 1 is 1.35 bits per heavy atom. The molecule has 5 N–H and O–H groups in total. The third-order valence-electron chi connectivity index (χ3n) is 2.93. The van der Waals surface area contributed by atoms with Crippen molar-refractivity contribution in [2.75, 3.05) is 17.6 Å². The Morgan fingerprint density at radius 3 is 2.70 bits per heavy atom. The lowest BCUT2D eigenvalue weighted by atomic mass is 10.2. The third kappa shape index (κ3) is 3.28. The predicted octanol–water partition coefficient (Wildman–Crippen LogP) is 0.304. The lowest BCUT2D eigenvalue weighted by molar-refractivity contribution is 0.598. The van der Waals surface area contributed by atoms with Crippen LogP contribution < -0.4 is 16.2 Å². The average Bonchev–Trinajstić information content (AvgIpc) is 2.76. The molecule has 1 aromatic heterocycles. The smallest absolute Gasteiger partial charge is 0.240 e. The highest BCUT2D eigenvalue weighted by molar-refractivity contribution is 7.89. The number of benzene rings is 1. The lowest BCUT2D eigenvalue weighted by Gasteiger charge is -2.11. The van der Waals surface area contributed by atoms with Crippen LogP contribution in [-0.4, -0.2) is 24.7 Å². The van der Waals surface area contributed by atoms with Crippen LogP contribution in [0.3, 0.4) is 0 Å². The van der Waals surface area contributed by atoms with Gasteiger partial charge in [-0.3, -0.25) is 4.68 Å². The summed E-state index contributed by atoms with van der Waals surface area (Å²) < 4.78 is 24.8. The predicted molar refractivity (Wildman–Crippen MR) is 77.6 cm³/mol. The van der Waals surface area contributed by atoms with Gasteiger partial charge in [-0.1, -0.05) is 0 Å². The summed E-state index contributed by atoms with van der Waals surface area (Å²) in [7, 11) is -1.95. The number of primary sulfonamides is 1. The molecule has 0 fully saturated rings. The fourth-order valence-corrected chi connectivity index (χ4v) is 2.64. The highest BCUT2D eigenvalue weighted by Gasteiger charge is 2.14. The Bertz CT molecular complexity index is 708. The minimum Gasteiger partial charge on any atom is -0.399 e. The highest BCUT2D eigenvalue weighted by Crippen LogP contribution is 2.22. The molecule has 0 saturated heterocycles. The van der Waals surface area contributed by atoms with Crippen LogP contribution in [0.25, 0.3) is 0 Å². The summed E-state index contributed by atoms with van der Waals surface area (Å²) >= 11 is 0. The summed E-state index contributed by atoms with van der Waals surface area (Å²) in [4.78, 5) is 0.00232. The average molecular weight is 295 g/mol. The van der Waals surface area contributed by atoms with E-state index in [1.54, 1.807) is 23.0 Å². The second-order valence-electron chi connectivity index (χ2n) is 4.42. The monoisotopic (exact) mass is 295 g/mol. The van der Waals surface area contributed by atoms with Gasteiger partial charge < -0.3 is 11.1 Å². The van der Waals surface area contributed by atoms with Gasteiger partial charge in [0, 0.05) is 37.6 Å². The first-order valence-electron chi connectivity index (χ1n) is 6.01. The van der Waals surface area contributed by atoms with Crippen molar-refractivity contribution >= 4 is 21.4 Å². The van der Waals surface area contributed by atoms with Crippen molar-refractivity contribution in [2.24, 2.45) is 12.2 Å². The first-order chi connectivity index (χ1) is 9.38. The van der Waals surface area contributed by atoms with E-state index < -0.39 is 10.0 Å². The standard InChI is InChI=1S/C12H17N5O2S/c1-17-10(5-7-16-17)4-6-15-11-3-2-9(13)8-12(11)20(14,18)19/h2-3,5,7-8,15H,4,6,13H2,1H3,(H2,14,18,19). The first kappa shape index (κ1) is 14.4. The van der Waals surface area contributed by atoms with E-state index in [0.29, 0.717) is 24.3 Å². The zero-order valence-corrected chi connectivity index (χ0v) is 11.9. The molecule has 108 valence electrons. The van der Waals surface area contributed by atoms with E-state index in [2.05, 4.69) is 10.4 Å². The van der Waals surface area contributed by atoms with Crippen LogP contribution in [0.1, 0.15) is 5.69 Å². The van der Waals surface area contributed by atoms with Crippen LogP contribution in [-0.2, 0) is 23.5 Å². The molecule has 0 aliphatic heterocycles. The summed E-state index contributed by atoms with van der Waals surface area (Å²) in [5, 5.41) is 12.3. The number of aromatic nitrogens is 2. The Balaban J connectivity index is 2.12. The molecule has 0 atom stereocenters. The molecule has 0 spiro atoms. The van der Waals surface area contributed by atoms with Gasteiger partial charge in [-0.2, -0.15) is 5.10 Å². The van der Waals surface area contributed by atoms with E-state index in [0.717, 1.165) is 5.69 Å². The number of nitrogens with one attached hydrogen (secondary N) is 1. The zero-order valence-electron chi connectivity index (χ0n) is 11.1. The van der Waals surface area contributed by atoms with Crippen LogP contribution in [0.5, 0.6) is 0 Å². The molecule has 1 aromatic carbocycles. The number of nitrogens with zero attached hydrogens (tertiary/aromatic N) is 2.